The van der Waals surface area contributed by atoms with E-state index in [2.05, 4.69) is 17.1 Å². The Hall–Kier alpha value is -1.06. The van der Waals surface area contributed by atoms with E-state index in [0.717, 1.165) is 37.4 Å². The van der Waals surface area contributed by atoms with Crippen LogP contribution in [0.1, 0.15) is 31.2 Å². The molecule has 2 fully saturated rings. The van der Waals surface area contributed by atoms with E-state index in [0.29, 0.717) is 29.2 Å². The lowest BCUT2D eigenvalue weighted by Gasteiger charge is -2.39. The summed E-state index contributed by atoms with van der Waals surface area (Å²) in [6, 6.07) is 5.26. The van der Waals surface area contributed by atoms with Gasteiger partial charge in [0.05, 0.1) is 7.11 Å². The summed E-state index contributed by atoms with van der Waals surface area (Å²) in [6.45, 7) is 2.74. The highest BCUT2D eigenvalue weighted by Crippen LogP contribution is 2.46. The van der Waals surface area contributed by atoms with Crippen molar-refractivity contribution in [2.75, 3.05) is 26.7 Å². The van der Waals surface area contributed by atoms with Crippen LogP contribution in [-0.2, 0) is 5.67 Å². The highest BCUT2D eigenvalue weighted by molar-refractivity contribution is 6.30. The molecule has 1 saturated carbocycles. The largest absolute Gasteiger partial charge is 0.496 e. The van der Waals surface area contributed by atoms with Crippen LogP contribution in [0.2, 0.25) is 5.02 Å². The van der Waals surface area contributed by atoms with E-state index in [9.17, 15) is 0 Å². The van der Waals surface area contributed by atoms with Crippen LogP contribution in [0.5, 0.6) is 5.75 Å². The number of fused-ring (bicyclic) bond motifs is 2. The molecule has 130 valence electrons. The van der Waals surface area contributed by atoms with Crippen LogP contribution >= 0.6 is 11.6 Å². The van der Waals surface area contributed by atoms with E-state index >= 15 is 4.39 Å². The quantitative estimate of drug-likeness (QED) is 0.722. The lowest BCUT2D eigenvalue weighted by molar-refractivity contribution is 0.0451. The number of hydrogen-bond donors (Lipinski definition) is 0. The van der Waals surface area contributed by atoms with E-state index in [1.54, 1.807) is 25.3 Å². The first kappa shape index (κ1) is 16.4. The van der Waals surface area contributed by atoms with Crippen molar-refractivity contribution < 1.29 is 9.13 Å². The van der Waals surface area contributed by atoms with Gasteiger partial charge in [-0.2, -0.15) is 0 Å². The first-order valence-electron chi connectivity index (χ1n) is 9.01. The molecule has 0 N–H and O–H groups in total. The molecule has 4 rings (SSSR count). The van der Waals surface area contributed by atoms with Crippen molar-refractivity contribution in [1.29, 1.82) is 0 Å². The summed E-state index contributed by atoms with van der Waals surface area (Å²) in [5.74, 6) is 2.95. The lowest BCUT2D eigenvalue weighted by Crippen LogP contribution is -2.42. The fourth-order valence-corrected chi connectivity index (χ4v) is 5.00. The Balaban J connectivity index is 1.42. The van der Waals surface area contributed by atoms with E-state index in [1.807, 2.05) is 0 Å². The molecule has 0 spiro atoms. The van der Waals surface area contributed by atoms with Gasteiger partial charge in [-0.05, 0) is 61.6 Å². The smallest absolute Gasteiger partial charge is 0.142 e. The molecule has 3 aliphatic rings. The summed E-state index contributed by atoms with van der Waals surface area (Å²) in [5.41, 5.74) is -0.721. The van der Waals surface area contributed by atoms with Gasteiger partial charge in [0, 0.05) is 30.2 Å². The van der Waals surface area contributed by atoms with Crippen LogP contribution in [0, 0.1) is 17.8 Å². The molecule has 1 aliphatic heterocycles. The van der Waals surface area contributed by atoms with Crippen molar-refractivity contribution >= 4 is 11.6 Å². The van der Waals surface area contributed by atoms with Gasteiger partial charge in [-0.25, -0.2) is 4.39 Å². The van der Waals surface area contributed by atoms with Gasteiger partial charge in [0.15, 0.2) is 0 Å². The van der Waals surface area contributed by atoms with Crippen molar-refractivity contribution in [2.45, 2.75) is 31.4 Å². The van der Waals surface area contributed by atoms with Crippen molar-refractivity contribution in [3.63, 3.8) is 0 Å². The average Bonchev–Trinajstić information content (AvgIpc) is 3.20. The van der Waals surface area contributed by atoms with Crippen molar-refractivity contribution in [3.05, 3.63) is 40.9 Å². The Labute approximate surface area is 148 Å². The zero-order valence-electron chi connectivity index (χ0n) is 14.2. The molecule has 3 atom stereocenters. The number of ether oxygens (including phenoxy) is 1. The van der Waals surface area contributed by atoms with Gasteiger partial charge in [-0.3, -0.25) is 0 Å². The van der Waals surface area contributed by atoms with Gasteiger partial charge in [-0.15, -0.1) is 0 Å². The predicted octanol–water partition coefficient (Wildman–Crippen LogP) is 4.82. The predicted molar refractivity (Wildman–Crippen MR) is 95.3 cm³/mol. The number of likely N-dealkylation sites (tertiary alicyclic amines) is 1. The molecular formula is C20H25ClFNO. The number of nitrogens with zero attached hydrogens (tertiary/aromatic N) is 1. The molecule has 2 bridgehead atoms. The van der Waals surface area contributed by atoms with Crippen LogP contribution in [0.25, 0.3) is 0 Å². The fraction of sp³-hybridized carbons (Fsp3) is 0.600. The van der Waals surface area contributed by atoms with E-state index in [-0.39, 0.29) is 0 Å². The minimum absolute atomic E-state index is 0.514. The number of allylic oxidation sites excluding steroid dienone is 2. The maximum atomic E-state index is 15.6. The molecule has 0 aromatic heterocycles. The minimum Gasteiger partial charge on any atom is -0.496 e. The molecule has 24 heavy (non-hydrogen) atoms. The third kappa shape index (κ3) is 2.97. The maximum Gasteiger partial charge on any atom is 0.142 e. The van der Waals surface area contributed by atoms with E-state index in [1.165, 1.54) is 12.8 Å². The topological polar surface area (TPSA) is 12.5 Å². The highest BCUT2D eigenvalue weighted by atomic mass is 35.5. The van der Waals surface area contributed by atoms with Crippen LogP contribution in [-0.4, -0.2) is 31.6 Å². The van der Waals surface area contributed by atoms with Gasteiger partial charge >= 0.3 is 0 Å². The number of halogens is 2. The van der Waals surface area contributed by atoms with Crippen LogP contribution in [0.15, 0.2) is 30.4 Å². The van der Waals surface area contributed by atoms with Gasteiger partial charge < -0.3 is 9.64 Å². The Bertz CT molecular complexity index is 639. The van der Waals surface area contributed by atoms with Crippen LogP contribution in [0.4, 0.5) is 4.39 Å². The molecule has 0 radical (unpaired) electrons. The van der Waals surface area contributed by atoms with E-state index < -0.39 is 5.67 Å². The molecule has 4 heteroatoms. The second-order valence-electron chi connectivity index (χ2n) is 7.65. The summed E-state index contributed by atoms with van der Waals surface area (Å²) in [5, 5.41) is 0.569. The Morgan fingerprint density at radius 1 is 1.25 bits per heavy atom. The lowest BCUT2D eigenvalue weighted by atomic mass is 9.84. The van der Waals surface area contributed by atoms with Gasteiger partial charge in [0.25, 0.3) is 0 Å². The number of piperidine rings is 1. The molecule has 1 aromatic rings. The molecule has 1 saturated heterocycles. The van der Waals surface area contributed by atoms with Crippen molar-refractivity contribution in [2.24, 2.45) is 17.8 Å². The van der Waals surface area contributed by atoms with Gasteiger partial charge in [0.2, 0.25) is 0 Å². The monoisotopic (exact) mass is 349 g/mol. The Morgan fingerprint density at radius 2 is 2.04 bits per heavy atom. The first-order chi connectivity index (χ1) is 11.6. The molecule has 2 unspecified atom stereocenters. The zero-order chi connectivity index (χ0) is 16.7. The number of alkyl halides is 1. The number of rotatable bonds is 4. The molecule has 2 nitrogen and oxygen atoms in total. The second kappa shape index (κ2) is 6.34. The summed E-state index contributed by atoms with van der Waals surface area (Å²) >= 11 is 6.09. The normalized spacial score (nSPS) is 31.5. The minimum atomic E-state index is -1.33. The molecule has 1 aromatic carbocycles. The zero-order valence-corrected chi connectivity index (χ0v) is 14.9. The fourth-order valence-electron chi connectivity index (χ4n) is 4.83. The average molecular weight is 350 g/mol. The maximum absolute atomic E-state index is 15.6. The summed E-state index contributed by atoms with van der Waals surface area (Å²) in [7, 11) is 1.59. The summed E-state index contributed by atoms with van der Waals surface area (Å²) in [6.07, 6.45) is 8.47. The third-order valence-electron chi connectivity index (χ3n) is 6.20. The van der Waals surface area contributed by atoms with Crippen molar-refractivity contribution in [3.8, 4) is 5.75 Å². The standard InChI is InChI=1S/C20H25ClFNO/c1-24-19-5-4-17(21)12-18(19)20(22)6-8-23(9-7-20)13-16-11-14-2-3-15(16)10-14/h2-5,12,14-16H,6-11,13H2,1H3/t14?,15?,16-/m0/s1. The molecule has 2 aliphatic carbocycles. The Kier molecular flexibility index (Phi) is 4.34. The summed E-state index contributed by atoms with van der Waals surface area (Å²) in [4.78, 5) is 2.45. The number of benzene rings is 1. The van der Waals surface area contributed by atoms with Crippen LogP contribution in [0.3, 0.4) is 0 Å². The van der Waals surface area contributed by atoms with Crippen LogP contribution < -0.4 is 4.74 Å². The molecule has 0 amide bonds. The summed E-state index contributed by atoms with van der Waals surface area (Å²) < 4.78 is 21.0. The number of methoxy groups -OCH3 is 1. The Morgan fingerprint density at radius 3 is 2.67 bits per heavy atom. The first-order valence-corrected chi connectivity index (χ1v) is 9.39. The molecular weight excluding hydrogens is 325 g/mol. The van der Waals surface area contributed by atoms with Crippen molar-refractivity contribution in [1.82, 2.24) is 4.90 Å². The number of hydrogen-bond acceptors (Lipinski definition) is 2. The molecule has 1 heterocycles. The highest BCUT2D eigenvalue weighted by Gasteiger charge is 2.41. The SMILES string of the molecule is COc1ccc(Cl)cc1C1(F)CCN(C[C@@H]2CC3C=CC2C3)CC1. The third-order valence-corrected chi connectivity index (χ3v) is 6.44. The van der Waals surface area contributed by atoms with Gasteiger partial charge in [-0.1, -0.05) is 23.8 Å². The van der Waals surface area contributed by atoms with Gasteiger partial charge in [0.1, 0.15) is 11.4 Å². The van der Waals surface area contributed by atoms with E-state index in [4.69, 9.17) is 16.3 Å². The second-order valence-corrected chi connectivity index (χ2v) is 8.09.